The van der Waals surface area contributed by atoms with Crippen molar-refractivity contribution in [1.82, 2.24) is 15.0 Å². The Morgan fingerprint density at radius 2 is 0.764 bits per heavy atom. The van der Waals surface area contributed by atoms with Crippen molar-refractivity contribution >= 4 is 63.8 Å². The van der Waals surface area contributed by atoms with Gasteiger partial charge in [-0.05, 0) is 67.2 Å². The van der Waals surface area contributed by atoms with Crippen molar-refractivity contribution in [3.8, 4) is 56.4 Å². The molecule has 0 N–H and O–H groups in total. The molecule has 3 nitrogen and oxygen atoms in total. The van der Waals surface area contributed by atoms with Gasteiger partial charge in [0.1, 0.15) is 0 Å². The molecule has 4 heteroatoms. The van der Waals surface area contributed by atoms with Gasteiger partial charge in [0.05, 0.1) is 0 Å². The van der Waals surface area contributed by atoms with Gasteiger partial charge < -0.3 is 0 Å². The molecule has 0 saturated carbocycles. The predicted molar refractivity (Wildman–Crippen MR) is 232 cm³/mol. The highest BCUT2D eigenvalue weighted by Crippen LogP contribution is 2.47. The summed E-state index contributed by atoms with van der Waals surface area (Å²) in [6, 6.07) is 67.0. The fourth-order valence-corrected chi connectivity index (χ4v) is 9.41. The molecule has 0 spiro atoms. The molecule has 0 atom stereocenters. The minimum atomic E-state index is 0.642. The summed E-state index contributed by atoms with van der Waals surface area (Å²) in [5, 5.41) is 10.2. The zero-order valence-corrected chi connectivity index (χ0v) is 30.5. The van der Waals surface area contributed by atoms with Gasteiger partial charge >= 0.3 is 0 Å². The Labute approximate surface area is 321 Å². The van der Waals surface area contributed by atoms with E-state index in [0.29, 0.717) is 17.5 Å². The van der Waals surface area contributed by atoms with Gasteiger partial charge in [-0.25, -0.2) is 15.0 Å². The number of hydrogen-bond donors (Lipinski definition) is 0. The molecule has 55 heavy (non-hydrogen) atoms. The number of fused-ring (bicyclic) bond motifs is 9. The Morgan fingerprint density at radius 1 is 0.291 bits per heavy atom. The van der Waals surface area contributed by atoms with E-state index in [-0.39, 0.29) is 0 Å². The summed E-state index contributed by atoms with van der Waals surface area (Å²) >= 11 is 1.87. The summed E-state index contributed by atoms with van der Waals surface area (Å²) in [4.78, 5) is 15.1. The number of benzene rings is 9. The second-order valence-electron chi connectivity index (χ2n) is 13.9. The average Bonchev–Trinajstić information content (AvgIpc) is 3.65. The van der Waals surface area contributed by atoms with Crippen LogP contribution in [0.5, 0.6) is 0 Å². The molecule has 0 amide bonds. The molecule has 0 radical (unpaired) electrons. The molecule has 9 aromatic carbocycles. The maximum atomic E-state index is 5.06. The second kappa shape index (κ2) is 12.8. The van der Waals surface area contributed by atoms with E-state index < -0.39 is 0 Å². The number of rotatable bonds is 5. The lowest BCUT2D eigenvalue weighted by Crippen LogP contribution is -2.00. The van der Waals surface area contributed by atoms with Crippen molar-refractivity contribution in [2.75, 3.05) is 0 Å². The van der Waals surface area contributed by atoms with E-state index in [9.17, 15) is 0 Å². The van der Waals surface area contributed by atoms with Crippen LogP contribution in [0.15, 0.2) is 188 Å². The maximum Gasteiger partial charge on any atom is 0.164 e. The van der Waals surface area contributed by atoms with Gasteiger partial charge in [-0.15, -0.1) is 11.3 Å². The highest BCUT2D eigenvalue weighted by atomic mass is 32.1. The lowest BCUT2D eigenvalue weighted by Gasteiger charge is -2.16. The van der Waals surface area contributed by atoms with Crippen LogP contribution in [0, 0.1) is 0 Å². The first-order valence-corrected chi connectivity index (χ1v) is 19.3. The highest BCUT2D eigenvalue weighted by molar-refractivity contribution is 7.26. The summed E-state index contributed by atoms with van der Waals surface area (Å²) in [5.41, 5.74) is 7.56. The van der Waals surface area contributed by atoms with Gasteiger partial charge in [0, 0.05) is 42.4 Å². The Bertz CT molecular complexity index is 3170. The van der Waals surface area contributed by atoms with E-state index in [4.69, 9.17) is 15.0 Å². The molecule has 0 aliphatic rings. The van der Waals surface area contributed by atoms with Gasteiger partial charge in [0.25, 0.3) is 0 Å². The lowest BCUT2D eigenvalue weighted by molar-refractivity contribution is 1.07. The van der Waals surface area contributed by atoms with Crippen LogP contribution in [-0.4, -0.2) is 15.0 Å². The van der Waals surface area contributed by atoms with Gasteiger partial charge in [-0.3, -0.25) is 0 Å². The third kappa shape index (κ3) is 5.30. The molecule has 256 valence electrons. The van der Waals surface area contributed by atoms with Crippen molar-refractivity contribution in [2.45, 2.75) is 0 Å². The van der Waals surface area contributed by atoms with Crippen LogP contribution in [0.1, 0.15) is 0 Å². The third-order valence-corrected chi connectivity index (χ3v) is 11.9. The summed E-state index contributed by atoms with van der Waals surface area (Å²) in [6.45, 7) is 0. The molecule has 2 heterocycles. The smallest absolute Gasteiger partial charge is 0.164 e. The van der Waals surface area contributed by atoms with Crippen LogP contribution in [-0.2, 0) is 0 Å². The topological polar surface area (TPSA) is 38.7 Å². The second-order valence-corrected chi connectivity index (χ2v) is 15.0. The molecule has 0 aliphatic heterocycles. The fourth-order valence-electron chi connectivity index (χ4n) is 8.14. The molecule has 0 aliphatic carbocycles. The van der Waals surface area contributed by atoms with E-state index in [1.807, 2.05) is 72.0 Å². The predicted octanol–water partition coefficient (Wildman–Crippen LogP) is 14.0. The summed E-state index contributed by atoms with van der Waals surface area (Å²) in [5.74, 6) is 1.94. The number of aromatic nitrogens is 3. The Hall–Kier alpha value is -7.01. The molecule has 0 saturated heterocycles. The zero-order chi connectivity index (χ0) is 36.3. The van der Waals surface area contributed by atoms with Gasteiger partial charge in [0.2, 0.25) is 0 Å². The molecular weight excluding hydrogens is 687 g/mol. The normalized spacial score (nSPS) is 11.6. The van der Waals surface area contributed by atoms with Crippen LogP contribution < -0.4 is 0 Å². The minimum Gasteiger partial charge on any atom is -0.208 e. The molecule has 0 unspecified atom stereocenters. The molecular formula is C51H31N3S. The summed E-state index contributed by atoms with van der Waals surface area (Å²) < 4.78 is 2.57. The zero-order valence-electron chi connectivity index (χ0n) is 29.6. The van der Waals surface area contributed by atoms with Crippen LogP contribution in [0.25, 0.3) is 109 Å². The Kier molecular flexibility index (Phi) is 7.35. The van der Waals surface area contributed by atoms with Crippen LogP contribution in [0.3, 0.4) is 0 Å². The summed E-state index contributed by atoms with van der Waals surface area (Å²) in [7, 11) is 0. The van der Waals surface area contributed by atoms with Gasteiger partial charge in [-0.1, -0.05) is 170 Å². The van der Waals surface area contributed by atoms with E-state index in [1.54, 1.807) is 0 Å². The first-order chi connectivity index (χ1) is 27.3. The largest absolute Gasteiger partial charge is 0.208 e. The van der Waals surface area contributed by atoms with Gasteiger partial charge in [0.15, 0.2) is 17.5 Å². The van der Waals surface area contributed by atoms with Crippen molar-refractivity contribution in [3.63, 3.8) is 0 Å². The standard InChI is InChI=1S/C51H31N3S/c1-3-14-32(15-4-1)49-52-50(33-16-5-2-6-17-33)54-51(53-49)36-19-13-18-34(30-36)37-28-29-44-43-24-11-12-25-46(43)55-48(44)47(37)35-26-27-42-40-22-8-7-20-38(40)39-21-9-10-23-41(39)45(42)31-35/h1-31H. The number of hydrogen-bond acceptors (Lipinski definition) is 4. The first-order valence-electron chi connectivity index (χ1n) is 18.5. The van der Waals surface area contributed by atoms with E-state index >= 15 is 0 Å². The van der Waals surface area contributed by atoms with E-state index in [2.05, 4.69) is 127 Å². The van der Waals surface area contributed by atoms with E-state index in [1.165, 1.54) is 69.2 Å². The monoisotopic (exact) mass is 717 g/mol. The molecule has 11 aromatic rings. The quantitative estimate of drug-likeness (QED) is 0.166. The number of nitrogens with zero attached hydrogens (tertiary/aromatic N) is 3. The highest BCUT2D eigenvalue weighted by Gasteiger charge is 2.19. The fraction of sp³-hybridized carbons (Fsp3) is 0. The Balaban J connectivity index is 1.15. The molecule has 2 aromatic heterocycles. The average molecular weight is 718 g/mol. The lowest BCUT2D eigenvalue weighted by atomic mass is 9.88. The maximum absolute atomic E-state index is 5.06. The Morgan fingerprint density at radius 3 is 1.40 bits per heavy atom. The minimum absolute atomic E-state index is 0.642. The van der Waals surface area contributed by atoms with E-state index in [0.717, 1.165) is 22.3 Å². The van der Waals surface area contributed by atoms with Gasteiger partial charge in [-0.2, -0.15) is 0 Å². The summed E-state index contributed by atoms with van der Waals surface area (Å²) in [6.07, 6.45) is 0. The first kappa shape index (κ1) is 31.5. The molecule has 0 bridgehead atoms. The SMILES string of the molecule is c1ccc(-c2nc(-c3ccccc3)nc(-c3cccc(-c4ccc5c(sc6ccccc65)c4-c4ccc5c6ccccc6c6ccccc6c5c4)c3)n2)cc1. The van der Waals surface area contributed by atoms with Crippen LogP contribution >= 0.6 is 11.3 Å². The number of thiophene rings is 1. The van der Waals surface area contributed by atoms with Crippen LogP contribution in [0.4, 0.5) is 0 Å². The van der Waals surface area contributed by atoms with Crippen LogP contribution in [0.2, 0.25) is 0 Å². The third-order valence-electron chi connectivity index (χ3n) is 10.7. The van der Waals surface area contributed by atoms with Crippen molar-refractivity contribution in [3.05, 3.63) is 188 Å². The molecule has 0 fully saturated rings. The van der Waals surface area contributed by atoms with Crippen molar-refractivity contribution < 1.29 is 0 Å². The van der Waals surface area contributed by atoms with Crippen molar-refractivity contribution in [2.24, 2.45) is 0 Å². The van der Waals surface area contributed by atoms with Crippen molar-refractivity contribution in [1.29, 1.82) is 0 Å². The molecule has 11 rings (SSSR count).